The van der Waals surface area contributed by atoms with E-state index in [0.29, 0.717) is 0 Å². The van der Waals surface area contributed by atoms with Gasteiger partial charge in [0.15, 0.2) is 0 Å². The van der Waals surface area contributed by atoms with Crippen LogP contribution < -0.4 is 5.32 Å². The molecule has 8 heteroatoms. The number of carbonyl (C=O) groups is 3. The van der Waals surface area contributed by atoms with Crippen molar-refractivity contribution < 1.29 is 29.0 Å². The molecule has 2 aromatic carbocycles. The summed E-state index contributed by atoms with van der Waals surface area (Å²) < 4.78 is 10.5. The molecular formula is C23H26N2O6. The summed E-state index contributed by atoms with van der Waals surface area (Å²) in [5, 5.41) is 11.5. The Kier molecular flexibility index (Phi) is 7.25. The second-order valence-corrected chi connectivity index (χ2v) is 7.22. The number of fused-ring (bicyclic) bond motifs is 3. The van der Waals surface area contributed by atoms with E-state index in [1.807, 2.05) is 48.5 Å². The first-order valence-electron chi connectivity index (χ1n) is 10.1. The monoisotopic (exact) mass is 426 g/mol. The Hall–Kier alpha value is -3.39. The first-order chi connectivity index (χ1) is 15.0. The quantitative estimate of drug-likeness (QED) is 0.638. The maximum atomic E-state index is 12.6. The van der Waals surface area contributed by atoms with Gasteiger partial charge in [-0.3, -0.25) is 9.59 Å². The Morgan fingerprint density at radius 2 is 1.65 bits per heavy atom. The van der Waals surface area contributed by atoms with E-state index in [4.69, 9.17) is 14.6 Å². The summed E-state index contributed by atoms with van der Waals surface area (Å²) in [6, 6.07) is 14.9. The molecule has 8 nitrogen and oxygen atoms in total. The first-order valence-corrected chi connectivity index (χ1v) is 10.1. The molecule has 164 valence electrons. The zero-order chi connectivity index (χ0) is 22.4. The minimum Gasteiger partial charge on any atom is -0.480 e. The molecule has 0 aromatic heterocycles. The third kappa shape index (κ3) is 5.03. The minimum atomic E-state index is -1.13. The molecule has 3 rings (SSSR count). The van der Waals surface area contributed by atoms with Crippen LogP contribution in [-0.4, -0.2) is 67.4 Å². The van der Waals surface area contributed by atoms with E-state index in [1.54, 1.807) is 6.92 Å². The van der Waals surface area contributed by atoms with Crippen molar-refractivity contribution in [1.29, 1.82) is 0 Å². The number of aliphatic carboxylic acids is 1. The molecule has 0 heterocycles. The molecule has 0 saturated carbocycles. The van der Waals surface area contributed by atoms with E-state index in [9.17, 15) is 14.4 Å². The van der Waals surface area contributed by atoms with Crippen molar-refractivity contribution in [1.82, 2.24) is 10.2 Å². The van der Waals surface area contributed by atoms with E-state index in [-0.39, 0.29) is 25.7 Å². The Morgan fingerprint density at radius 3 is 2.16 bits per heavy atom. The highest BCUT2D eigenvalue weighted by molar-refractivity contribution is 5.88. The number of carboxylic acid groups (broad SMARTS) is 1. The molecule has 2 amide bonds. The number of carbonyl (C=O) groups excluding carboxylic acids is 2. The summed E-state index contributed by atoms with van der Waals surface area (Å²) in [6.45, 7) is 1.41. The standard InChI is InChI=1S/C23H26N2O6/c1-3-25(12-21(26)27)22(28)20(14-30-2)24-23(29)31-13-19-17-10-6-4-8-15(17)16-9-5-7-11-18(16)19/h4-11,19-20H,3,12-14H2,1-2H3,(H,24,29)(H,26,27)/t20-/m0/s1. The number of ether oxygens (including phenoxy) is 2. The topological polar surface area (TPSA) is 105 Å². The lowest BCUT2D eigenvalue weighted by molar-refractivity contribution is -0.145. The van der Waals surface area contributed by atoms with Crippen LogP contribution in [-0.2, 0) is 19.1 Å². The summed E-state index contributed by atoms with van der Waals surface area (Å²) in [6.07, 6.45) is -0.761. The normalized spacial score (nSPS) is 13.1. The van der Waals surface area contributed by atoms with Crippen LogP contribution in [0.1, 0.15) is 24.0 Å². The summed E-state index contributed by atoms with van der Waals surface area (Å²) >= 11 is 0. The van der Waals surface area contributed by atoms with E-state index in [2.05, 4.69) is 5.32 Å². The second-order valence-electron chi connectivity index (χ2n) is 7.22. The molecular weight excluding hydrogens is 400 g/mol. The van der Waals surface area contributed by atoms with Crippen LogP contribution in [0.4, 0.5) is 4.79 Å². The molecule has 0 bridgehead atoms. The molecule has 1 atom stereocenters. The van der Waals surface area contributed by atoms with Crippen molar-refractivity contribution in [3.8, 4) is 11.1 Å². The molecule has 31 heavy (non-hydrogen) atoms. The maximum Gasteiger partial charge on any atom is 0.407 e. The summed E-state index contributed by atoms with van der Waals surface area (Å²) in [7, 11) is 1.40. The van der Waals surface area contributed by atoms with E-state index < -0.39 is 30.6 Å². The average molecular weight is 426 g/mol. The van der Waals surface area contributed by atoms with E-state index in [1.165, 1.54) is 7.11 Å². The number of rotatable bonds is 9. The zero-order valence-electron chi connectivity index (χ0n) is 17.5. The van der Waals surface area contributed by atoms with Gasteiger partial charge in [-0.2, -0.15) is 0 Å². The molecule has 0 aliphatic heterocycles. The Labute approximate surface area is 180 Å². The summed E-state index contributed by atoms with van der Waals surface area (Å²) in [5.41, 5.74) is 4.40. The fraction of sp³-hybridized carbons (Fsp3) is 0.348. The van der Waals surface area contributed by atoms with Crippen molar-refractivity contribution in [3.05, 3.63) is 59.7 Å². The highest BCUT2D eigenvalue weighted by atomic mass is 16.5. The number of hydrogen-bond donors (Lipinski definition) is 2. The predicted octanol–water partition coefficient (Wildman–Crippen LogP) is 2.47. The van der Waals surface area contributed by atoms with Gasteiger partial charge < -0.3 is 24.8 Å². The second kappa shape index (κ2) is 10.1. The highest BCUT2D eigenvalue weighted by Crippen LogP contribution is 2.44. The Morgan fingerprint density at radius 1 is 1.06 bits per heavy atom. The molecule has 0 radical (unpaired) electrons. The van der Waals surface area contributed by atoms with Gasteiger partial charge in [-0.05, 0) is 29.2 Å². The van der Waals surface area contributed by atoms with Crippen LogP contribution >= 0.6 is 0 Å². The van der Waals surface area contributed by atoms with Gasteiger partial charge in [0.05, 0.1) is 6.61 Å². The van der Waals surface area contributed by atoms with Gasteiger partial charge >= 0.3 is 12.1 Å². The van der Waals surface area contributed by atoms with Crippen LogP contribution in [0.3, 0.4) is 0 Å². The molecule has 0 unspecified atom stereocenters. The molecule has 0 spiro atoms. The van der Waals surface area contributed by atoms with E-state index in [0.717, 1.165) is 27.2 Å². The van der Waals surface area contributed by atoms with Crippen LogP contribution in [0, 0.1) is 0 Å². The fourth-order valence-corrected chi connectivity index (χ4v) is 3.85. The number of nitrogens with zero attached hydrogens (tertiary/aromatic N) is 1. The number of hydrogen-bond acceptors (Lipinski definition) is 5. The van der Waals surface area contributed by atoms with Crippen molar-refractivity contribution in [2.45, 2.75) is 18.9 Å². The van der Waals surface area contributed by atoms with Crippen molar-refractivity contribution >= 4 is 18.0 Å². The van der Waals surface area contributed by atoms with Gasteiger partial charge in [-0.15, -0.1) is 0 Å². The Bertz CT molecular complexity index is 915. The zero-order valence-corrected chi connectivity index (χ0v) is 17.5. The minimum absolute atomic E-state index is 0.0981. The number of alkyl carbamates (subject to hydrolysis) is 1. The molecule has 1 aliphatic carbocycles. The van der Waals surface area contributed by atoms with Gasteiger partial charge in [-0.1, -0.05) is 48.5 Å². The number of methoxy groups -OCH3 is 1. The van der Waals surface area contributed by atoms with Crippen molar-refractivity contribution in [3.63, 3.8) is 0 Å². The predicted molar refractivity (Wildman–Crippen MR) is 114 cm³/mol. The number of benzene rings is 2. The lowest BCUT2D eigenvalue weighted by Gasteiger charge is -2.25. The number of nitrogens with one attached hydrogen (secondary N) is 1. The van der Waals surface area contributed by atoms with Gasteiger partial charge in [0.1, 0.15) is 19.2 Å². The Balaban J connectivity index is 1.67. The average Bonchev–Trinajstić information content (AvgIpc) is 3.09. The smallest absolute Gasteiger partial charge is 0.407 e. The largest absolute Gasteiger partial charge is 0.480 e. The first kappa shape index (κ1) is 22.3. The molecule has 0 saturated heterocycles. The summed E-state index contributed by atoms with van der Waals surface area (Å²) in [4.78, 5) is 37.2. The van der Waals surface area contributed by atoms with Gasteiger partial charge in [0.25, 0.3) is 0 Å². The highest BCUT2D eigenvalue weighted by Gasteiger charge is 2.30. The molecule has 2 aromatic rings. The molecule has 2 N–H and O–H groups in total. The third-order valence-corrected chi connectivity index (χ3v) is 5.29. The fourth-order valence-electron chi connectivity index (χ4n) is 3.85. The van der Waals surface area contributed by atoms with Crippen LogP contribution in [0.25, 0.3) is 11.1 Å². The van der Waals surface area contributed by atoms with Crippen molar-refractivity contribution in [2.24, 2.45) is 0 Å². The van der Waals surface area contributed by atoms with Gasteiger partial charge in [0.2, 0.25) is 5.91 Å². The molecule has 0 fully saturated rings. The van der Waals surface area contributed by atoms with Gasteiger partial charge in [0, 0.05) is 19.6 Å². The molecule has 1 aliphatic rings. The SMILES string of the molecule is CCN(CC(=O)O)C(=O)[C@H](COC)NC(=O)OCC1c2ccccc2-c2ccccc21. The number of carboxylic acids is 1. The van der Waals surface area contributed by atoms with Crippen LogP contribution in [0.5, 0.6) is 0 Å². The number of likely N-dealkylation sites (N-methyl/N-ethyl adjacent to an activating group) is 1. The third-order valence-electron chi connectivity index (χ3n) is 5.29. The van der Waals surface area contributed by atoms with Crippen LogP contribution in [0.15, 0.2) is 48.5 Å². The van der Waals surface area contributed by atoms with Gasteiger partial charge in [-0.25, -0.2) is 4.79 Å². The van der Waals surface area contributed by atoms with E-state index >= 15 is 0 Å². The maximum absolute atomic E-state index is 12.6. The van der Waals surface area contributed by atoms with Crippen LogP contribution in [0.2, 0.25) is 0 Å². The lowest BCUT2D eigenvalue weighted by atomic mass is 9.98. The lowest BCUT2D eigenvalue weighted by Crippen LogP contribution is -2.52. The van der Waals surface area contributed by atoms with Crippen molar-refractivity contribution in [2.75, 3.05) is 33.4 Å². The number of amides is 2. The summed E-state index contributed by atoms with van der Waals surface area (Å²) in [5.74, 6) is -1.78.